The van der Waals surface area contributed by atoms with Crippen molar-refractivity contribution in [3.63, 3.8) is 0 Å². The Bertz CT molecular complexity index is 319. The van der Waals surface area contributed by atoms with Crippen LogP contribution in [-0.2, 0) is 4.79 Å². The third kappa shape index (κ3) is 10.3. The highest BCUT2D eigenvalue weighted by molar-refractivity contribution is 5.73. The van der Waals surface area contributed by atoms with Gasteiger partial charge >= 0.3 is 0 Å². The van der Waals surface area contributed by atoms with Crippen molar-refractivity contribution < 1.29 is 9.90 Å². The van der Waals surface area contributed by atoms with Crippen molar-refractivity contribution in [2.24, 2.45) is 29.4 Å². The average Bonchev–Trinajstić information content (AvgIpc) is 2.56. The highest BCUT2D eigenvalue weighted by atomic mass is 16.3. The Morgan fingerprint density at radius 2 is 1.62 bits per heavy atom. The number of aliphatic hydroxyl groups excluding tert-OH is 1. The number of amides is 1. The molecular weight excluding hydrogens is 298 g/mol. The van der Waals surface area contributed by atoms with Gasteiger partial charge in [-0.2, -0.15) is 0 Å². The Balaban J connectivity index is 4.44. The molecule has 0 rings (SSSR count). The maximum atomic E-state index is 11.1. The lowest BCUT2D eigenvalue weighted by Gasteiger charge is -2.30. The van der Waals surface area contributed by atoms with Gasteiger partial charge in [0.2, 0.25) is 5.91 Å². The van der Waals surface area contributed by atoms with E-state index in [-0.39, 0.29) is 12.0 Å². The van der Waals surface area contributed by atoms with E-state index in [0.29, 0.717) is 30.1 Å². The lowest BCUT2D eigenvalue weighted by atomic mass is 9.76. The van der Waals surface area contributed by atoms with E-state index in [2.05, 4.69) is 34.6 Å². The Labute approximate surface area is 150 Å². The number of rotatable bonds is 15. The lowest BCUT2D eigenvalue weighted by molar-refractivity contribution is -0.118. The van der Waals surface area contributed by atoms with Gasteiger partial charge < -0.3 is 10.8 Å². The van der Waals surface area contributed by atoms with E-state index in [9.17, 15) is 9.90 Å². The van der Waals surface area contributed by atoms with E-state index in [4.69, 9.17) is 5.73 Å². The van der Waals surface area contributed by atoms with Crippen LogP contribution in [-0.4, -0.2) is 17.1 Å². The minimum absolute atomic E-state index is 0.179. The zero-order chi connectivity index (χ0) is 18.5. The molecule has 0 aliphatic rings. The zero-order valence-electron chi connectivity index (χ0n) is 16.9. The van der Waals surface area contributed by atoms with Gasteiger partial charge in [-0.15, -0.1) is 0 Å². The van der Waals surface area contributed by atoms with Gasteiger partial charge in [-0.25, -0.2) is 0 Å². The van der Waals surface area contributed by atoms with E-state index >= 15 is 0 Å². The van der Waals surface area contributed by atoms with E-state index in [0.717, 1.165) is 32.1 Å². The smallest absolute Gasteiger partial charge is 0.217 e. The minimum atomic E-state index is -0.202. The van der Waals surface area contributed by atoms with Crippen LogP contribution in [0.25, 0.3) is 0 Å². The third-order valence-electron chi connectivity index (χ3n) is 5.93. The fourth-order valence-corrected chi connectivity index (χ4v) is 3.89. The van der Waals surface area contributed by atoms with Crippen LogP contribution >= 0.6 is 0 Å². The van der Waals surface area contributed by atoms with Crippen molar-refractivity contribution in [1.29, 1.82) is 0 Å². The second kappa shape index (κ2) is 13.7. The molecule has 0 aromatic heterocycles. The molecule has 144 valence electrons. The number of hydrogen-bond acceptors (Lipinski definition) is 2. The standard InChI is InChI=1S/C21H43NO2/c1-6-9-10-18(8-3)15-19(23)12-13-20(16(4)7-2)17(5)11-14-21(22)24/h16-20,23H,6-15H2,1-5H3,(H2,22,24)/t16-,17?,18?,19?,20?/m1/s1. The molecule has 0 aliphatic heterocycles. The first-order valence-electron chi connectivity index (χ1n) is 10.3. The monoisotopic (exact) mass is 341 g/mol. The summed E-state index contributed by atoms with van der Waals surface area (Å²) in [5, 5.41) is 10.5. The number of carbonyl (C=O) groups is 1. The molecule has 1 amide bonds. The summed E-state index contributed by atoms with van der Waals surface area (Å²) in [7, 11) is 0. The van der Waals surface area contributed by atoms with Crippen molar-refractivity contribution in [2.45, 2.75) is 105 Å². The molecule has 0 fully saturated rings. The summed E-state index contributed by atoms with van der Waals surface area (Å²) in [6.45, 7) is 11.2. The average molecular weight is 342 g/mol. The van der Waals surface area contributed by atoms with Gasteiger partial charge in [0.05, 0.1) is 6.10 Å². The zero-order valence-corrected chi connectivity index (χ0v) is 16.9. The molecule has 3 N–H and O–H groups in total. The lowest BCUT2D eigenvalue weighted by Crippen LogP contribution is -2.24. The van der Waals surface area contributed by atoms with Crippen LogP contribution < -0.4 is 5.73 Å². The van der Waals surface area contributed by atoms with Gasteiger partial charge in [-0.1, -0.05) is 66.7 Å². The maximum absolute atomic E-state index is 11.1. The topological polar surface area (TPSA) is 63.3 Å². The fraction of sp³-hybridized carbons (Fsp3) is 0.952. The molecular formula is C21H43NO2. The Morgan fingerprint density at radius 3 is 2.12 bits per heavy atom. The normalized spacial score (nSPS) is 17.9. The highest BCUT2D eigenvalue weighted by Crippen LogP contribution is 2.32. The van der Waals surface area contributed by atoms with Crippen LogP contribution in [0.1, 0.15) is 98.8 Å². The predicted octanol–water partition coefficient (Wildman–Crippen LogP) is 5.30. The van der Waals surface area contributed by atoms with E-state index in [1.165, 1.54) is 25.7 Å². The Morgan fingerprint density at radius 1 is 0.958 bits per heavy atom. The molecule has 4 unspecified atom stereocenters. The summed E-state index contributed by atoms with van der Waals surface area (Å²) in [4.78, 5) is 11.1. The van der Waals surface area contributed by atoms with Crippen LogP contribution in [0.15, 0.2) is 0 Å². The summed E-state index contributed by atoms with van der Waals surface area (Å²) in [5.74, 6) is 2.14. The van der Waals surface area contributed by atoms with Crippen molar-refractivity contribution in [3.8, 4) is 0 Å². The van der Waals surface area contributed by atoms with E-state index in [1.807, 2.05) is 0 Å². The molecule has 5 atom stereocenters. The minimum Gasteiger partial charge on any atom is -0.393 e. The van der Waals surface area contributed by atoms with Crippen molar-refractivity contribution >= 4 is 5.91 Å². The van der Waals surface area contributed by atoms with Crippen LogP contribution in [0.3, 0.4) is 0 Å². The van der Waals surface area contributed by atoms with E-state index in [1.54, 1.807) is 0 Å². The molecule has 0 bridgehead atoms. The van der Waals surface area contributed by atoms with E-state index < -0.39 is 0 Å². The number of primary amides is 1. The van der Waals surface area contributed by atoms with Crippen LogP contribution in [0.5, 0.6) is 0 Å². The summed E-state index contributed by atoms with van der Waals surface area (Å²) in [6, 6.07) is 0. The summed E-state index contributed by atoms with van der Waals surface area (Å²) in [6.07, 6.45) is 10.1. The molecule has 0 saturated heterocycles. The number of nitrogens with two attached hydrogens (primary N) is 1. The van der Waals surface area contributed by atoms with Gasteiger partial charge in [0, 0.05) is 6.42 Å². The second-order valence-corrected chi connectivity index (χ2v) is 7.92. The van der Waals surface area contributed by atoms with Crippen LogP contribution in [0, 0.1) is 23.7 Å². The summed E-state index contributed by atoms with van der Waals surface area (Å²) >= 11 is 0. The van der Waals surface area contributed by atoms with Crippen molar-refractivity contribution in [2.75, 3.05) is 0 Å². The predicted molar refractivity (Wildman–Crippen MR) is 104 cm³/mol. The first kappa shape index (κ1) is 23.4. The molecule has 0 aromatic rings. The molecule has 0 saturated carbocycles. The highest BCUT2D eigenvalue weighted by Gasteiger charge is 2.24. The van der Waals surface area contributed by atoms with Gasteiger partial charge in [0.15, 0.2) is 0 Å². The molecule has 3 nitrogen and oxygen atoms in total. The number of hydrogen-bond donors (Lipinski definition) is 2. The van der Waals surface area contributed by atoms with Crippen molar-refractivity contribution in [1.82, 2.24) is 0 Å². The molecule has 0 aliphatic carbocycles. The van der Waals surface area contributed by atoms with Crippen molar-refractivity contribution in [3.05, 3.63) is 0 Å². The Kier molecular flexibility index (Phi) is 13.4. The van der Waals surface area contributed by atoms with Crippen LogP contribution in [0.4, 0.5) is 0 Å². The van der Waals surface area contributed by atoms with Gasteiger partial charge in [-0.05, 0) is 49.4 Å². The molecule has 24 heavy (non-hydrogen) atoms. The Hall–Kier alpha value is -0.570. The molecule has 0 spiro atoms. The molecule has 0 radical (unpaired) electrons. The third-order valence-corrected chi connectivity index (χ3v) is 5.93. The molecule has 0 aromatic carbocycles. The fourth-order valence-electron chi connectivity index (χ4n) is 3.89. The summed E-state index contributed by atoms with van der Waals surface area (Å²) < 4.78 is 0. The van der Waals surface area contributed by atoms with Gasteiger partial charge in [0.25, 0.3) is 0 Å². The largest absolute Gasteiger partial charge is 0.393 e. The van der Waals surface area contributed by atoms with Gasteiger partial charge in [-0.3, -0.25) is 4.79 Å². The molecule has 3 heteroatoms. The maximum Gasteiger partial charge on any atom is 0.217 e. The molecule has 0 heterocycles. The number of aliphatic hydroxyl groups is 1. The number of carbonyl (C=O) groups excluding carboxylic acids is 1. The van der Waals surface area contributed by atoms with Gasteiger partial charge in [0.1, 0.15) is 0 Å². The first-order chi connectivity index (χ1) is 11.3. The summed E-state index contributed by atoms with van der Waals surface area (Å²) in [5.41, 5.74) is 5.30. The second-order valence-electron chi connectivity index (χ2n) is 7.92. The van der Waals surface area contributed by atoms with Crippen LogP contribution in [0.2, 0.25) is 0 Å². The SMILES string of the molecule is CCCCC(CC)CC(O)CCC(C(C)CCC(N)=O)[C@H](C)CC. The number of unbranched alkanes of at least 4 members (excludes halogenated alkanes) is 1. The first-order valence-corrected chi connectivity index (χ1v) is 10.3. The quantitative estimate of drug-likeness (QED) is 0.424.